The summed E-state index contributed by atoms with van der Waals surface area (Å²) in [6.07, 6.45) is 0.978. The Kier molecular flexibility index (Phi) is 4.08. The molecule has 6 heteroatoms. The quantitative estimate of drug-likeness (QED) is 0.915. The maximum Gasteiger partial charge on any atom is 0.235 e. The lowest BCUT2D eigenvalue weighted by Crippen LogP contribution is -2.33. The van der Waals surface area contributed by atoms with Gasteiger partial charge in [0.05, 0.1) is 16.5 Å². The predicted octanol–water partition coefficient (Wildman–Crippen LogP) is 1.79. The number of nitrogens with one attached hydrogen (secondary N) is 1. The summed E-state index contributed by atoms with van der Waals surface area (Å²) in [4.78, 5) is 0. The molecule has 0 amide bonds. The van der Waals surface area contributed by atoms with E-state index in [0.29, 0.717) is 37.3 Å². The molecule has 1 N–H and O–H groups in total. The fourth-order valence-corrected chi connectivity index (χ4v) is 3.58. The van der Waals surface area contributed by atoms with Gasteiger partial charge in [0.25, 0.3) is 0 Å². The molecule has 1 aliphatic heterocycles. The molecule has 0 aromatic heterocycles. The Hall–Kier alpha value is -1.58. The largest absolute Gasteiger partial charge is 0.381 e. The Morgan fingerprint density at radius 1 is 1.37 bits per heavy atom. The number of sulfonamides is 1. The number of rotatable bonds is 3. The second-order valence-corrected chi connectivity index (χ2v) is 6.53. The van der Waals surface area contributed by atoms with E-state index in [4.69, 9.17) is 10.00 Å². The molecule has 0 bridgehead atoms. The third-order valence-electron chi connectivity index (χ3n) is 3.24. The van der Waals surface area contributed by atoms with E-state index in [9.17, 15) is 8.42 Å². The molecule has 1 aromatic rings. The summed E-state index contributed by atoms with van der Waals surface area (Å²) < 4.78 is 32.2. The van der Waals surface area contributed by atoms with Gasteiger partial charge < -0.3 is 4.74 Å². The third kappa shape index (κ3) is 3.06. The maximum absolute atomic E-state index is 12.3. The van der Waals surface area contributed by atoms with Crippen LogP contribution in [0.1, 0.15) is 24.0 Å². The summed E-state index contributed by atoms with van der Waals surface area (Å²) in [6, 6.07) is 7.17. The van der Waals surface area contributed by atoms with Crippen molar-refractivity contribution in [3.8, 4) is 6.07 Å². The number of nitriles is 1. The van der Waals surface area contributed by atoms with E-state index in [-0.39, 0.29) is 0 Å². The number of aryl methyl sites for hydroxylation is 1. The summed E-state index contributed by atoms with van der Waals surface area (Å²) in [5, 5.41) is 8.65. The molecule has 1 aliphatic rings. The molecule has 1 aromatic carbocycles. The average molecular weight is 280 g/mol. The van der Waals surface area contributed by atoms with Crippen LogP contribution < -0.4 is 4.72 Å². The zero-order valence-electron chi connectivity index (χ0n) is 10.7. The van der Waals surface area contributed by atoms with Crippen LogP contribution in [0.15, 0.2) is 18.2 Å². The minimum atomic E-state index is -3.47. The van der Waals surface area contributed by atoms with Crippen LogP contribution in [0.25, 0.3) is 0 Å². The van der Waals surface area contributed by atoms with E-state index in [1.165, 1.54) is 0 Å². The summed E-state index contributed by atoms with van der Waals surface area (Å²) in [6.45, 7) is 2.71. The Morgan fingerprint density at radius 3 is 2.68 bits per heavy atom. The van der Waals surface area contributed by atoms with Crippen LogP contribution in [0, 0.1) is 18.3 Å². The minimum absolute atomic E-state index is 0.356. The predicted molar refractivity (Wildman–Crippen MR) is 72.3 cm³/mol. The molecular formula is C13H16N2O3S. The maximum atomic E-state index is 12.3. The second-order valence-electron chi connectivity index (χ2n) is 4.57. The Morgan fingerprint density at radius 2 is 2.05 bits per heavy atom. The van der Waals surface area contributed by atoms with E-state index >= 15 is 0 Å². The highest BCUT2D eigenvalue weighted by atomic mass is 32.2. The molecular weight excluding hydrogens is 264 g/mol. The molecule has 102 valence electrons. The van der Waals surface area contributed by atoms with Crippen molar-refractivity contribution in [2.45, 2.75) is 25.0 Å². The molecule has 2 rings (SSSR count). The number of anilines is 1. The molecule has 1 saturated heterocycles. The normalized spacial score (nSPS) is 16.8. The lowest BCUT2D eigenvalue weighted by molar-refractivity contribution is 0.0984. The topological polar surface area (TPSA) is 79.2 Å². The zero-order chi connectivity index (χ0) is 13.9. The summed E-state index contributed by atoms with van der Waals surface area (Å²) in [5.74, 6) is 0. The third-order valence-corrected chi connectivity index (χ3v) is 5.10. The second kappa shape index (κ2) is 5.59. The molecule has 0 radical (unpaired) electrons. The fourth-order valence-electron chi connectivity index (χ4n) is 2.12. The van der Waals surface area contributed by atoms with Crippen LogP contribution in [0.3, 0.4) is 0 Å². The van der Waals surface area contributed by atoms with Gasteiger partial charge in [-0.1, -0.05) is 12.1 Å². The van der Waals surface area contributed by atoms with E-state index in [1.807, 2.05) is 6.07 Å². The Bertz CT molecular complexity index is 599. The van der Waals surface area contributed by atoms with Gasteiger partial charge in [0.2, 0.25) is 10.0 Å². The first-order valence-electron chi connectivity index (χ1n) is 6.13. The van der Waals surface area contributed by atoms with Crippen LogP contribution in [0.2, 0.25) is 0 Å². The van der Waals surface area contributed by atoms with Crippen LogP contribution in [-0.2, 0) is 14.8 Å². The molecule has 0 spiro atoms. The standard InChI is InChI=1S/C13H16N2O3S/c1-10-3-2-4-13(12(10)9-14)15-19(16,17)11-5-7-18-8-6-11/h2-4,11,15H,5-8H2,1H3. The van der Waals surface area contributed by atoms with Gasteiger partial charge in [0.15, 0.2) is 0 Å². The molecule has 0 aliphatic carbocycles. The van der Waals surface area contributed by atoms with Crippen molar-refractivity contribution in [3.05, 3.63) is 29.3 Å². The van der Waals surface area contributed by atoms with Crippen molar-refractivity contribution in [3.63, 3.8) is 0 Å². The first kappa shape index (κ1) is 13.8. The number of hydrogen-bond acceptors (Lipinski definition) is 4. The van der Waals surface area contributed by atoms with Gasteiger partial charge in [-0.2, -0.15) is 5.26 Å². The number of nitrogens with zero attached hydrogens (tertiary/aromatic N) is 1. The molecule has 1 heterocycles. The van der Waals surface area contributed by atoms with Gasteiger partial charge in [-0.25, -0.2) is 8.42 Å². The fraction of sp³-hybridized carbons (Fsp3) is 0.462. The first-order valence-corrected chi connectivity index (χ1v) is 7.68. The van der Waals surface area contributed by atoms with Crippen molar-refractivity contribution in [1.82, 2.24) is 0 Å². The number of ether oxygens (including phenoxy) is 1. The molecule has 0 saturated carbocycles. The molecule has 5 nitrogen and oxygen atoms in total. The summed E-state index contributed by atoms with van der Waals surface area (Å²) >= 11 is 0. The molecule has 19 heavy (non-hydrogen) atoms. The van der Waals surface area contributed by atoms with Crippen LogP contribution in [-0.4, -0.2) is 26.9 Å². The molecule has 1 fully saturated rings. The monoisotopic (exact) mass is 280 g/mol. The smallest absolute Gasteiger partial charge is 0.235 e. The summed E-state index contributed by atoms with van der Waals surface area (Å²) in [7, 11) is -3.47. The SMILES string of the molecule is Cc1cccc(NS(=O)(=O)C2CCOCC2)c1C#N. The van der Waals surface area contributed by atoms with Gasteiger partial charge in [-0.15, -0.1) is 0 Å². The van der Waals surface area contributed by atoms with Gasteiger partial charge >= 0.3 is 0 Å². The highest BCUT2D eigenvalue weighted by molar-refractivity contribution is 7.93. The molecule has 0 atom stereocenters. The van der Waals surface area contributed by atoms with E-state index < -0.39 is 15.3 Å². The van der Waals surface area contributed by atoms with Crippen molar-refractivity contribution in [2.24, 2.45) is 0 Å². The highest BCUT2D eigenvalue weighted by Gasteiger charge is 2.28. The van der Waals surface area contributed by atoms with Gasteiger partial charge in [-0.3, -0.25) is 4.72 Å². The Labute approximate surface area is 113 Å². The number of benzene rings is 1. The van der Waals surface area contributed by atoms with Gasteiger partial charge in [0, 0.05) is 13.2 Å². The van der Waals surface area contributed by atoms with Crippen molar-refractivity contribution >= 4 is 15.7 Å². The van der Waals surface area contributed by atoms with Gasteiger partial charge in [0.1, 0.15) is 6.07 Å². The summed E-state index contributed by atoms with van der Waals surface area (Å²) in [5.41, 5.74) is 1.49. The van der Waals surface area contributed by atoms with Crippen molar-refractivity contribution in [2.75, 3.05) is 17.9 Å². The Balaban J connectivity index is 2.25. The molecule has 0 unspecified atom stereocenters. The van der Waals surface area contributed by atoms with Crippen LogP contribution in [0.4, 0.5) is 5.69 Å². The van der Waals surface area contributed by atoms with E-state index in [1.54, 1.807) is 25.1 Å². The average Bonchev–Trinajstić information content (AvgIpc) is 2.40. The van der Waals surface area contributed by atoms with E-state index in [2.05, 4.69) is 4.72 Å². The highest BCUT2D eigenvalue weighted by Crippen LogP contribution is 2.23. The van der Waals surface area contributed by atoms with Crippen LogP contribution in [0.5, 0.6) is 0 Å². The number of hydrogen-bond donors (Lipinski definition) is 1. The van der Waals surface area contributed by atoms with Crippen molar-refractivity contribution < 1.29 is 13.2 Å². The first-order chi connectivity index (χ1) is 9.04. The van der Waals surface area contributed by atoms with Crippen LogP contribution >= 0.6 is 0 Å². The lowest BCUT2D eigenvalue weighted by Gasteiger charge is -2.23. The lowest BCUT2D eigenvalue weighted by atomic mass is 10.1. The van der Waals surface area contributed by atoms with E-state index in [0.717, 1.165) is 5.56 Å². The van der Waals surface area contributed by atoms with Gasteiger partial charge in [-0.05, 0) is 31.4 Å². The van der Waals surface area contributed by atoms with Crippen molar-refractivity contribution in [1.29, 1.82) is 5.26 Å². The zero-order valence-corrected chi connectivity index (χ0v) is 11.5. The minimum Gasteiger partial charge on any atom is -0.381 e.